The summed E-state index contributed by atoms with van der Waals surface area (Å²) in [6, 6.07) is 8.16. The number of ether oxygens (including phenoxy) is 2. The summed E-state index contributed by atoms with van der Waals surface area (Å²) in [6.45, 7) is -0.665. The molecule has 10 nitrogen and oxygen atoms in total. The van der Waals surface area contributed by atoms with Gasteiger partial charge in [-0.3, -0.25) is 18.7 Å². The fraction of sp³-hybridized carbons (Fsp3) is 0.222. The molecule has 0 spiro atoms. The number of carbonyl (C=O) groups is 2. The molecule has 0 saturated heterocycles. The third-order valence-electron chi connectivity index (χ3n) is 4.18. The Labute approximate surface area is 171 Å². The molecule has 0 fully saturated rings. The summed E-state index contributed by atoms with van der Waals surface area (Å²) < 4.78 is 70.9. The minimum Gasteiger partial charge on any atom is -0.492 e. The second-order valence-corrected chi connectivity index (χ2v) is 9.49. The van der Waals surface area contributed by atoms with Crippen LogP contribution in [-0.4, -0.2) is 62.2 Å². The summed E-state index contributed by atoms with van der Waals surface area (Å²) in [5, 5.41) is 0. The Morgan fingerprint density at radius 2 is 1.00 bits per heavy atom. The van der Waals surface area contributed by atoms with E-state index >= 15 is 0 Å². The lowest BCUT2D eigenvalue weighted by Crippen LogP contribution is -2.21. The first-order chi connectivity index (χ1) is 13.9. The van der Waals surface area contributed by atoms with Gasteiger partial charge < -0.3 is 9.47 Å². The minimum absolute atomic E-state index is 0.0805. The second-order valence-electron chi connectivity index (χ2n) is 6.34. The third kappa shape index (κ3) is 5.21. The van der Waals surface area contributed by atoms with Crippen LogP contribution in [0.3, 0.4) is 0 Å². The molecule has 30 heavy (non-hydrogen) atoms. The molecule has 0 unspecified atom stereocenters. The van der Waals surface area contributed by atoms with E-state index in [1.54, 1.807) is 0 Å². The molecule has 0 bridgehead atoms. The van der Waals surface area contributed by atoms with Crippen LogP contribution in [0.2, 0.25) is 0 Å². The average Bonchev–Trinajstić information content (AvgIpc) is 2.64. The van der Waals surface area contributed by atoms with Crippen molar-refractivity contribution in [3.05, 3.63) is 58.7 Å². The van der Waals surface area contributed by atoms with Crippen molar-refractivity contribution in [1.29, 1.82) is 0 Å². The number of fused-ring (bicyclic) bond motifs is 2. The van der Waals surface area contributed by atoms with Crippen molar-refractivity contribution in [2.75, 3.05) is 24.7 Å². The molecular formula is C18H16O10S2. The Morgan fingerprint density at radius 1 is 0.633 bits per heavy atom. The molecule has 0 saturated carbocycles. The first-order valence-electron chi connectivity index (χ1n) is 8.48. The van der Waals surface area contributed by atoms with Crippen LogP contribution in [0.1, 0.15) is 31.8 Å². The predicted molar refractivity (Wildman–Crippen MR) is 104 cm³/mol. The molecule has 3 rings (SSSR count). The SMILES string of the molecule is O=C1c2ccc(OCCS(=O)(=O)O)cc2C(=O)c2ccc(OCCS(=O)(=O)O)cc21. The lowest BCUT2D eigenvalue weighted by atomic mass is 9.84. The molecule has 0 aromatic heterocycles. The van der Waals surface area contributed by atoms with Crippen molar-refractivity contribution in [2.24, 2.45) is 0 Å². The molecule has 0 aliphatic heterocycles. The van der Waals surface area contributed by atoms with Crippen LogP contribution in [0.15, 0.2) is 36.4 Å². The van der Waals surface area contributed by atoms with Gasteiger partial charge in [0.1, 0.15) is 36.2 Å². The van der Waals surface area contributed by atoms with Crippen molar-refractivity contribution in [1.82, 2.24) is 0 Å². The summed E-state index contributed by atoms with van der Waals surface area (Å²) in [5.41, 5.74) is 0.392. The summed E-state index contributed by atoms with van der Waals surface area (Å²) >= 11 is 0. The Balaban J connectivity index is 1.81. The molecule has 0 heterocycles. The van der Waals surface area contributed by atoms with Crippen LogP contribution < -0.4 is 9.47 Å². The van der Waals surface area contributed by atoms with Crippen molar-refractivity contribution in [3.63, 3.8) is 0 Å². The topological polar surface area (TPSA) is 161 Å². The van der Waals surface area contributed by atoms with E-state index in [0.29, 0.717) is 0 Å². The lowest BCUT2D eigenvalue weighted by molar-refractivity contribution is 0.0978. The van der Waals surface area contributed by atoms with Gasteiger partial charge in [-0.2, -0.15) is 16.8 Å². The smallest absolute Gasteiger partial charge is 0.268 e. The standard InChI is InChI=1S/C18H16O10S2/c19-17-13-3-1-11(27-5-7-29(21,22)23)9-15(13)18(20)14-4-2-12(10-16(14)17)28-6-8-30(24,25)26/h1-4,9-10H,5-8H2,(H,21,22,23)(H,24,25,26). The monoisotopic (exact) mass is 456 g/mol. The van der Waals surface area contributed by atoms with E-state index in [1.807, 2.05) is 0 Å². The Morgan fingerprint density at radius 3 is 1.33 bits per heavy atom. The third-order valence-corrected chi connectivity index (χ3v) is 5.55. The van der Waals surface area contributed by atoms with E-state index in [1.165, 1.54) is 36.4 Å². The van der Waals surface area contributed by atoms with Crippen LogP contribution in [0.4, 0.5) is 0 Å². The quantitative estimate of drug-likeness (QED) is 0.468. The minimum atomic E-state index is -4.20. The Kier molecular flexibility index (Phi) is 5.94. The molecule has 2 aromatic rings. The molecule has 160 valence electrons. The highest BCUT2D eigenvalue weighted by Gasteiger charge is 2.30. The maximum atomic E-state index is 12.8. The molecule has 1 aliphatic carbocycles. The molecule has 2 N–H and O–H groups in total. The zero-order chi connectivity index (χ0) is 22.1. The fourth-order valence-electron chi connectivity index (χ4n) is 2.82. The fourth-order valence-corrected chi connectivity index (χ4v) is 3.41. The average molecular weight is 456 g/mol. The van der Waals surface area contributed by atoms with Crippen molar-refractivity contribution >= 4 is 31.8 Å². The van der Waals surface area contributed by atoms with E-state index in [9.17, 15) is 26.4 Å². The maximum absolute atomic E-state index is 12.8. The van der Waals surface area contributed by atoms with Gasteiger partial charge in [0.05, 0.1) is 0 Å². The summed E-state index contributed by atoms with van der Waals surface area (Å²) in [4.78, 5) is 25.6. The van der Waals surface area contributed by atoms with Crippen molar-refractivity contribution in [2.45, 2.75) is 0 Å². The summed E-state index contributed by atoms with van der Waals surface area (Å²) in [6.07, 6.45) is 0. The highest BCUT2D eigenvalue weighted by molar-refractivity contribution is 7.86. The van der Waals surface area contributed by atoms with Crippen molar-refractivity contribution < 1.29 is 45.0 Å². The van der Waals surface area contributed by atoms with E-state index in [2.05, 4.69) is 0 Å². The highest BCUT2D eigenvalue weighted by atomic mass is 32.2. The Hall–Kier alpha value is -2.80. The highest BCUT2D eigenvalue weighted by Crippen LogP contribution is 2.32. The van der Waals surface area contributed by atoms with E-state index in [-0.39, 0.29) is 47.0 Å². The van der Waals surface area contributed by atoms with E-state index in [0.717, 1.165) is 0 Å². The molecule has 1 aliphatic rings. The maximum Gasteiger partial charge on any atom is 0.268 e. The number of carbonyl (C=O) groups excluding carboxylic acids is 2. The molecule has 12 heteroatoms. The zero-order valence-corrected chi connectivity index (χ0v) is 16.9. The normalized spacial score (nSPS) is 13.5. The van der Waals surface area contributed by atoms with Crippen molar-refractivity contribution in [3.8, 4) is 11.5 Å². The zero-order valence-electron chi connectivity index (χ0n) is 15.3. The number of ketones is 2. The van der Waals surface area contributed by atoms with Gasteiger partial charge in [0.25, 0.3) is 20.2 Å². The summed E-state index contributed by atoms with van der Waals surface area (Å²) in [5.74, 6) is -1.84. The van der Waals surface area contributed by atoms with Crippen LogP contribution in [0.5, 0.6) is 11.5 Å². The van der Waals surface area contributed by atoms with Gasteiger partial charge in [0.15, 0.2) is 11.6 Å². The number of benzene rings is 2. The van der Waals surface area contributed by atoms with Gasteiger partial charge in [0, 0.05) is 22.3 Å². The van der Waals surface area contributed by atoms with Gasteiger partial charge in [0.2, 0.25) is 0 Å². The lowest BCUT2D eigenvalue weighted by Gasteiger charge is -2.19. The van der Waals surface area contributed by atoms with E-state index in [4.69, 9.17) is 18.6 Å². The van der Waals surface area contributed by atoms with Gasteiger partial charge in [-0.1, -0.05) is 0 Å². The molecule has 0 radical (unpaired) electrons. The largest absolute Gasteiger partial charge is 0.492 e. The van der Waals surface area contributed by atoms with Crippen LogP contribution in [0.25, 0.3) is 0 Å². The first kappa shape index (κ1) is 21.9. The van der Waals surface area contributed by atoms with Gasteiger partial charge >= 0.3 is 0 Å². The number of hydrogen-bond acceptors (Lipinski definition) is 8. The molecule has 0 amide bonds. The van der Waals surface area contributed by atoms with Gasteiger partial charge in [-0.05, 0) is 36.4 Å². The predicted octanol–water partition coefficient (Wildman–Crippen LogP) is 0.995. The molecule has 2 aromatic carbocycles. The van der Waals surface area contributed by atoms with Crippen LogP contribution in [0, 0.1) is 0 Å². The number of hydrogen-bond donors (Lipinski definition) is 2. The molecular weight excluding hydrogens is 440 g/mol. The van der Waals surface area contributed by atoms with Crippen LogP contribution >= 0.6 is 0 Å². The number of rotatable bonds is 8. The summed E-state index contributed by atoms with van der Waals surface area (Å²) in [7, 11) is -8.39. The Bertz CT molecular complexity index is 1130. The van der Waals surface area contributed by atoms with Crippen LogP contribution in [-0.2, 0) is 20.2 Å². The van der Waals surface area contributed by atoms with Gasteiger partial charge in [-0.15, -0.1) is 0 Å². The van der Waals surface area contributed by atoms with E-state index < -0.39 is 43.3 Å². The first-order valence-corrected chi connectivity index (χ1v) is 11.7. The second kappa shape index (κ2) is 8.14. The molecule has 0 atom stereocenters. The van der Waals surface area contributed by atoms with Gasteiger partial charge in [-0.25, -0.2) is 0 Å².